The van der Waals surface area contributed by atoms with Crippen molar-refractivity contribution in [2.45, 2.75) is 6.04 Å². The van der Waals surface area contributed by atoms with Gasteiger partial charge in [0.25, 0.3) is 0 Å². The SMILES string of the molecule is C=C[C@H](c1cc(Br)c(Br)s1)N1CCNCC1. The van der Waals surface area contributed by atoms with Crippen LogP contribution in [0.5, 0.6) is 0 Å². The molecule has 16 heavy (non-hydrogen) atoms. The first-order valence-electron chi connectivity index (χ1n) is 5.24. The van der Waals surface area contributed by atoms with Crippen molar-refractivity contribution in [2.24, 2.45) is 0 Å². The van der Waals surface area contributed by atoms with Crippen LogP contribution in [0.2, 0.25) is 0 Å². The number of nitrogens with zero attached hydrogens (tertiary/aromatic N) is 1. The first-order chi connectivity index (χ1) is 7.72. The lowest BCUT2D eigenvalue weighted by Gasteiger charge is -2.32. The highest BCUT2D eigenvalue weighted by atomic mass is 79.9. The van der Waals surface area contributed by atoms with Gasteiger partial charge >= 0.3 is 0 Å². The molecule has 1 saturated heterocycles. The smallest absolute Gasteiger partial charge is 0.0843 e. The average molecular weight is 366 g/mol. The fraction of sp³-hybridized carbons (Fsp3) is 0.455. The molecule has 1 aromatic rings. The van der Waals surface area contributed by atoms with Crippen LogP contribution in [0.25, 0.3) is 0 Å². The predicted molar refractivity (Wildman–Crippen MR) is 77.1 cm³/mol. The number of thiophene rings is 1. The molecule has 0 aliphatic carbocycles. The second-order valence-electron chi connectivity index (χ2n) is 3.74. The molecule has 0 saturated carbocycles. The number of piperazine rings is 1. The molecule has 88 valence electrons. The summed E-state index contributed by atoms with van der Waals surface area (Å²) in [6.07, 6.45) is 2.04. The molecule has 1 N–H and O–H groups in total. The zero-order chi connectivity index (χ0) is 11.5. The van der Waals surface area contributed by atoms with Gasteiger partial charge in [-0.1, -0.05) is 6.08 Å². The summed E-state index contributed by atoms with van der Waals surface area (Å²) in [5.74, 6) is 0. The molecule has 2 heterocycles. The van der Waals surface area contributed by atoms with E-state index in [-0.39, 0.29) is 0 Å². The minimum Gasteiger partial charge on any atom is -0.314 e. The molecule has 0 spiro atoms. The van der Waals surface area contributed by atoms with Crippen molar-refractivity contribution in [2.75, 3.05) is 26.2 Å². The third kappa shape index (κ3) is 2.76. The molecule has 0 bridgehead atoms. The Bertz CT molecular complexity index is 353. The Labute approximate surface area is 117 Å². The summed E-state index contributed by atoms with van der Waals surface area (Å²) in [6, 6.07) is 2.53. The molecule has 1 aliphatic rings. The summed E-state index contributed by atoms with van der Waals surface area (Å²) in [5, 5.41) is 3.37. The molecule has 0 radical (unpaired) electrons. The minimum atomic E-state index is 0.342. The van der Waals surface area contributed by atoms with E-state index in [1.807, 2.05) is 6.08 Å². The van der Waals surface area contributed by atoms with E-state index in [1.54, 1.807) is 11.3 Å². The number of halogens is 2. The summed E-state index contributed by atoms with van der Waals surface area (Å²) >= 11 is 8.86. The molecule has 1 aromatic heterocycles. The van der Waals surface area contributed by atoms with Crippen LogP contribution >= 0.6 is 43.2 Å². The summed E-state index contributed by atoms with van der Waals surface area (Å²) in [5.41, 5.74) is 0. The Morgan fingerprint density at radius 2 is 2.12 bits per heavy atom. The van der Waals surface area contributed by atoms with Crippen LogP contribution in [0, 0.1) is 0 Å². The van der Waals surface area contributed by atoms with Gasteiger partial charge in [-0.2, -0.15) is 0 Å². The van der Waals surface area contributed by atoms with E-state index in [2.05, 4.69) is 54.7 Å². The van der Waals surface area contributed by atoms with Crippen LogP contribution in [-0.4, -0.2) is 31.1 Å². The number of hydrogen-bond acceptors (Lipinski definition) is 3. The maximum absolute atomic E-state index is 3.97. The van der Waals surface area contributed by atoms with E-state index in [1.165, 1.54) is 4.88 Å². The van der Waals surface area contributed by atoms with Gasteiger partial charge in [-0.3, -0.25) is 4.90 Å². The molecule has 0 aromatic carbocycles. The van der Waals surface area contributed by atoms with E-state index in [4.69, 9.17) is 0 Å². The van der Waals surface area contributed by atoms with Gasteiger partial charge in [0.2, 0.25) is 0 Å². The highest BCUT2D eigenvalue weighted by molar-refractivity contribution is 9.13. The Kier molecular flexibility index (Phi) is 4.61. The minimum absolute atomic E-state index is 0.342. The number of nitrogens with one attached hydrogen (secondary N) is 1. The van der Waals surface area contributed by atoms with E-state index < -0.39 is 0 Å². The quantitative estimate of drug-likeness (QED) is 0.825. The zero-order valence-corrected chi connectivity index (χ0v) is 12.9. The predicted octanol–water partition coefficient (Wildman–Crippen LogP) is 3.41. The van der Waals surface area contributed by atoms with E-state index >= 15 is 0 Å². The second kappa shape index (κ2) is 5.78. The molecule has 2 rings (SSSR count). The van der Waals surface area contributed by atoms with Crippen LogP contribution < -0.4 is 5.32 Å². The van der Waals surface area contributed by atoms with Gasteiger partial charge in [-0.25, -0.2) is 0 Å². The lowest BCUT2D eigenvalue weighted by molar-refractivity contribution is 0.206. The molecular formula is C11H14Br2N2S. The first-order valence-corrected chi connectivity index (χ1v) is 7.64. The second-order valence-corrected chi connectivity index (χ2v) is 6.99. The summed E-state index contributed by atoms with van der Waals surface area (Å²) in [4.78, 5) is 3.81. The third-order valence-corrected chi connectivity index (χ3v) is 6.05. The maximum Gasteiger partial charge on any atom is 0.0843 e. The van der Waals surface area contributed by atoms with Gasteiger partial charge in [0, 0.05) is 35.5 Å². The maximum atomic E-state index is 3.97. The van der Waals surface area contributed by atoms with Crippen LogP contribution in [0.3, 0.4) is 0 Å². The van der Waals surface area contributed by atoms with E-state index in [9.17, 15) is 0 Å². The van der Waals surface area contributed by atoms with Crippen molar-refractivity contribution >= 4 is 43.2 Å². The Morgan fingerprint density at radius 3 is 2.62 bits per heavy atom. The average Bonchev–Trinajstić information content (AvgIpc) is 2.61. The number of rotatable bonds is 3. The Balaban J connectivity index is 2.17. The van der Waals surface area contributed by atoms with Gasteiger partial charge in [0.15, 0.2) is 0 Å². The largest absolute Gasteiger partial charge is 0.314 e. The van der Waals surface area contributed by atoms with Crippen LogP contribution in [0.15, 0.2) is 27.0 Å². The normalized spacial score (nSPS) is 19.6. The van der Waals surface area contributed by atoms with Crippen molar-refractivity contribution in [3.05, 3.63) is 31.9 Å². The van der Waals surface area contributed by atoms with Crippen molar-refractivity contribution in [3.8, 4) is 0 Å². The summed E-state index contributed by atoms with van der Waals surface area (Å²) in [7, 11) is 0. The van der Waals surface area contributed by atoms with Crippen molar-refractivity contribution < 1.29 is 0 Å². The van der Waals surface area contributed by atoms with Crippen molar-refractivity contribution in [1.29, 1.82) is 0 Å². The van der Waals surface area contributed by atoms with Crippen LogP contribution in [-0.2, 0) is 0 Å². The molecule has 1 aliphatic heterocycles. The van der Waals surface area contributed by atoms with Crippen LogP contribution in [0.4, 0.5) is 0 Å². The Morgan fingerprint density at radius 1 is 1.44 bits per heavy atom. The third-order valence-electron chi connectivity index (χ3n) is 2.72. The van der Waals surface area contributed by atoms with Gasteiger partial charge in [-0.15, -0.1) is 17.9 Å². The highest BCUT2D eigenvalue weighted by Gasteiger charge is 2.21. The fourth-order valence-corrected chi connectivity index (χ4v) is 4.14. The zero-order valence-electron chi connectivity index (χ0n) is 8.88. The molecule has 0 amide bonds. The highest BCUT2D eigenvalue weighted by Crippen LogP contribution is 2.37. The first kappa shape index (κ1) is 12.8. The lowest BCUT2D eigenvalue weighted by Crippen LogP contribution is -2.44. The monoisotopic (exact) mass is 364 g/mol. The molecule has 1 fully saturated rings. The van der Waals surface area contributed by atoms with Gasteiger partial charge in [0.1, 0.15) is 0 Å². The fourth-order valence-electron chi connectivity index (χ4n) is 1.91. The molecular weight excluding hydrogens is 352 g/mol. The van der Waals surface area contributed by atoms with Gasteiger partial charge in [-0.05, 0) is 37.9 Å². The van der Waals surface area contributed by atoms with Crippen LogP contribution in [0.1, 0.15) is 10.9 Å². The molecule has 2 nitrogen and oxygen atoms in total. The summed E-state index contributed by atoms with van der Waals surface area (Å²) in [6.45, 7) is 8.27. The standard InChI is InChI=1S/C11H14Br2N2S/c1-2-9(15-5-3-14-4-6-15)10-7-8(12)11(13)16-10/h2,7,9,14H,1,3-6H2/t9-/m1/s1. The van der Waals surface area contributed by atoms with Gasteiger partial charge in [0.05, 0.1) is 9.83 Å². The Hall–Kier alpha value is 0.320. The van der Waals surface area contributed by atoms with Crippen molar-refractivity contribution in [3.63, 3.8) is 0 Å². The van der Waals surface area contributed by atoms with Gasteiger partial charge < -0.3 is 5.32 Å². The number of hydrogen-bond donors (Lipinski definition) is 1. The molecule has 5 heteroatoms. The van der Waals surface area contributed by atoms with E-state index in [0.29, 0.717) is 6.04 Å². The van der Waals surface area contributed by atoms with Crippen molar-refractivity contribution in [1.82, 2.24) is 10.2 Å². The van der Waals surface area contributed by atoms with E-state index in [0.717, 1.165) is 34.4 Å². The lowest BCUT2D eigenvalue weighted by atomic mass is 10.2. The molecule has 0 unspecified atom stereocenters. The summed E-state index contributed by atoms with van der Waals surface area (Å²) < 4.78 is 2.29. The topological polar surface area (TPSA) is 15.3 Å². The molecule has 1 atom stereocenters.